The van der Waals surface area contributed by atoms with Crippen molar-refractivity contribution in [1.29, 1.82) is 0 Å². The van der Waals surface area contributed by atoms with Crippen LogP contribution in [0.5, 0.6) is 11.5 Å². The molecule has 0 saturated carbocycles. The fraction of sp³-hybridized carbons (Fsp3) is 0.357. The first-order chi connectivity index (χ1) is 17.0. The summed E-state index contributed by atoms with van der Waals surface area (Å²) in [6.45, 7) is 3.35. The van der Waals surface area contributed by atoms with Crippen LogP contribution in [0.2, 0.25) is 5.02 Å². The van der Waals surface area contributed by atoms with Crippen molar-refractivity contribution in [1.82, 2.24) is 14.8 Å². The number of piperidine rings is 1. The minimum absolute atomic E-state index is 0.000475. The molecule has 6 nitrogen and oxygen atoms in total. The Morgan fingerprint density at radius 3 is 2.54 bits per heavy atom. The summed E-state index contributed by atoms with van der Waals surface area (Å²) in [5.41, 5.74) is 2.72. The number of amides is 1. The van der Waals surface area contributed by atoms with Gasteiger partial charge in [-0.3, -0.25) is 9.78 Å². The lowest BCUT2D eigenvalue weighted by Gasteiger charge is -2.36. The molecule has 0 atom stereocenters. The number of carbonyl (C=O) groups excluding carboxylic acids is 1. The molecule has 184 valence electrons. The molecule has 1 aliphatic rings. The predicted octanol–water partition coefficient (Wildman–Crippen LogP) is 5.10. The summed E-state index contributed by atoms with van der Waals surface area (Å²) >= 11 is 5.95. The molecule has 0 N–H and O–H groups in total. The third-order valence-electron chi connectivity index (χ3n) is 6.55. The van der Waals surface area contributed by atoms with Crippen LogP contribution in [0.25, 0.3) is 0 Å². The predicted molar refractivity (Wildman–Crippen MR) is 138 cm³/mol. The van der Waals surface area contributed by atoms with Gasteiger partial charge in [0.1, 0.15) is 6.61 Å². The number of benzene rings is 2. The van der Waals surface area contributed by atoms with Crippen LogP contribution < -0.4 is 9.47 Å². The van der Waals surface area contributed by atoms with Crippen molar-refractivity contribution in [3.63, 3.8) is 0 Å². The van der Waals surface area contributed by atoms with Gasteiger partial charge in [-0.2, -0.15) is 0 Å². The highest BCUT2D eigenvalue weighted by Crippen LogP contribution is 2.30. The molecule has 1 aliphatic heterocycles. The van der Waals surface area contributed by atoms with E-state index in [4.69, 9.17) is 21.1 Å². The zero-order valence-electron chi connectivity index (χ0n) is 20.3. The fourth-order valence-corrected chi connectivity index (χ4v) is 4.51. The van der Waals surface area contributed by atoms with E-state index in [-0.39, 0.29) is 11.9 Å². The van der Waals surface area contributed by atoms with Crippen LogP contribution in [-0.4, -0.2) is 60.5 Å². The summed E-state index contributed by atoms with van der Waals surface area (Å²) in [6, 6.07) is 19.1. The Bertz CT molecular complexity index is 1100. The maximum atomic E-state index is 13.2. The van der Waals surface area contributed by atoms with Gasteiger partial charge in [-0.25, -0.2) is 0 Å². The molecule has 0 bridgehead atoms. The quantitative estimate of drug-likeness (QED) is 0.415. The minimum Gasteiger partial charge on any atom is -0.493 e. The number of nitrogens with zero attached hydrogens (tertiary/aromatic N) is 3. The van der Waals surface area contributed by atoms with Gasteiger partial charge in [0.2, 0.25) is 0 Å². The average molecular weight is 494 g/mol. The van der Waals surface area contributed by atoms with Gasteiger partial charge in [0.05, 0.1) is 7.11 Å². The zero-order chi connectivity index (χ0) is 24.6. The smallest absolute Gasteiger partial charge is 0.253 e. The Labute approximate surface area is 212 Å². The summed E-state index contributed by atoms with van der Waals surface area (Å²) in [4.78, 5) is 22.0. The highest BCUT2D eigenvalue weighted by molar-refractivity contribution is 6.30. The van der Waals surface area contributed by atoms with Gasteiger partial charge in [-0.1, -0.05) is 29.8 Å². The molecule has 1 saturated heterocycles. The molecule has 1 aromatic heterocycles. The second kappa shape index (κ2) is 12.0. The summed E-state index contributed by atoms with van der Waals surface area (Å²) < 4.78 is 11.4. The molecule has 1 amide bonds. The van der Waals surface area contributed by atoms with E-state index in [0.29, 0.717) is 28.7 Å². The number of halogens is 1. The van der Waals surface area contributed by atoms with Gasteiger partial charge in [0.25, 0.3) is 5.91 Å². The molecule has 2 heterocycles. The second-order valence-electron chi connectivity index (χ2n) is 8.84. The van der Waals surface area contributed by atoms with Gasteiger partial charge in [-0.05, 0) is 60.9 Å². The molecule has 0 radical (unpaired) electrons. The zero-order valence-corrected chi connectivity index (χ0v) is 21.1. The lowest BCUT2D eigenvalue weighted by atomic mass is 10.0. The van der Waals surface area contributed by atoms with Crippen molar-refractivity contribution >= 4 is 17.5 Å². The van der Waals surface area contributed by atoms with E-state index in [9.17, 15) is 4.79 Å². The van der Waals surface area contributed by atoms with E-state index in [1.807, 2.05) is 54.5 Å². The molecule has 0 unspecified atom stereocenters. The van der Waals surface area contributed by atoms with E-state index in [2.05, 4.69) is 16.0 Å². The SMILES string of the molecule is COc1cc(C(=O)N(C)C2CCN(CCc3ccccn3)CC2)ccc1OCc1ccc(Cl)cc1. The lowest BCUT2D eigenvalue weighted by molar-refractivity contribution is 0.0643. The molecule has 2 aromatic carbocycles. The number of likely N-dealkylation sites (tertiary alicyclic amines) is 1. The number of hydrogen-bond donors (Lipinski definition) is 0. The van der Waals surface area contributed by atoms with Gasteiger partial charge in [0, 0.05) is 61.6 Å². The van der Waals surface area contributed by atoms with Crippen LogP contribution in [0.1, 0.15) is 34.5 Å². The molecular formula is C28H32ClN3O3. The third kappa shape index (κ3) is 6.74. The first-order valence-electron chi connectivity index (χ1n) is 12.0. The highest BCUT2D eigenvalue weighted by atomic mass is 35.5. The number of ether oxygens (including phenoxy) is 2. The van der Waals surface area contributed by atoms with Crippen molar-refractivity contribution in [2.24, 2.45) is 0 Å². The molecule has 7 heteroatoms. The number of aromatic nitrogens is 1. The van der Waals surface area contributed by atoms with Gasteiger partial charge >= 0.3 is 0 Å². The number of carbonyl (C=O) groups is 1. The molecular weight excluding hydrogens is 462 g/mol. The average Bonchev–Trinajstić information content (AvgIpc) is 2.91. The lowest BCUT2D eigenvalue weighted by Crippen LogP contribution is -2.46. The molecule has 35 heavy (non-hydrogen) atoms. The first kappa shape index (κ1) is 25.0. The highest BCUT2D eigenvalue weighted by Gasteiger charge is 2.26. The number of pyridine rings is 1. The Balaban J connectivity index is 1.30. The maximum absolute atomic E-state index is 13.2. The van der Waals surface area contributed by atoms with Crippen LogP contribution in [0.3, 0.4) is 0 Å². The molecule has 0 aliphatic carbocycles. The summed E-state index contributed by atoms with van der Waals surface area (Å²) in [5, 5.41) is 0.688. The number of hydrogen-bond acceptors (Lipinski definition) is 5. The monoisotopic (exact) mass is 493 g/mol. The topological polar surface area (TPSA) is 54.9 Å². The van der Waals surface area contributed by atoms with Gasteiger partial charge < -0.3 is 19.3 Å². The van der Waals surface area contributed by atoms with Crippen molar-refractivity contribution < 1.29 is 14.3 Å². The fourth-order valence-electron chi connectivity index (χ4n) is 4.38. The Morgan fingerprint density at radius 1 is 1.09 bits per heavy atom. The third-order valence-corrected chi connectivity index (χ3v) is 6.81. The van der Waals surface area contributed by atoms with E-state index in [1.165, 1.54) is 0 Å². The van der Waals surface area contributed by atoms with E-state index < -0.39 is 0 Å². The molecule has 4 rings (SSSR count). The van der Waals surface area contributed by atoms with E-state index in [1.54, 1.807) is 25.3 Å². The first-order valence-corrected chi connectivity index (χ1v) is 12.4. The maximum Gasteiger partial charge on any atom is 0.253 e. The van der Waals surface area contributed by atoms with Crippen LogP contribution in [0.4, 0.5) is 0 Å². The summed E-state index contributed by atoms with van der Waals surface area (Å²) in [6.07, 6.45) is 4.72. The summed E-state index contributed by atoms with van der Waals surface area (Å²) in [5.74, 6) is 1.14. The van der Waals surface area contributed by atoms with Crippen LogP contribution in [0.15, 0.2) is 66.9 Å². The van der Waals surface area contributed by atoms with Crippen LogP contribution in [-0.2, 0) is 13.0 Å². The number of methoxy groups -OCH3 is 1. The van der Waals surface area contributed by atoms with Crippen molar-refractivity contribution in [2.45, 2.75) is 31.9 Å². The van der Waals surface area contributed by atoms with Crippen molar-refractivity contribution in [2.75, 3.05) is 33.8 Å². The van der Waals surface area contributed by atoms with Gasteiger partial charge in [-0.15, -0.1) is 0 Å². The normalized spacial score (nSPS) is 14.5. The Kier molecular flexibility index (Phi) is 8.61. The van der Waals surface area contributed by atoms with Crippen molar-refractivity contribution in [3.8, 4) is 11.5 Å². The molecule has 3 aromatic rings. The van der Waals surface area contributed by atoms with Crippen LogP contribution in [0, 0.1) is 0 Å². The largest absolute Gasteiger partial charge is 0.493 e. The minimum atomic E-state index is -0.000475. The number of rotatable bonds is 9. The van der Waals surface area contributed by atoms with Gasteiger partial charge in [0.15, 0.2) is 11.5 Å². The van der Waals surface area contributed by atoms with Crippen LogP contribution >= 0.6 is 11.6 Å². The second-order valence-corrected chi connectivity index (χ2v) is 9.28. The van der Waals surface area contributed by atoms with E-state index in [0.717, 1.165) is 50.2 Å². The molecule has 1 fully saturated rings. The Morgan fingerprint density at radius 2 is 1.86 bits per heavy atom. The van der Waals surface area contributed by atoms with E-state index >= 15 is 0 Å². The standard InChI is InChI=1S/C28H32ClN3O3/c1-31(25-13-17-32(18-14-25)16-12-24-5-3-4-15-30-24)28(33)22-8-11-26(27(19-22)34-2)35-20-21-6-9-23(29)10-7-21/h3-11,15,19,25H,12-14,16-18,20H2,1-2H3. The van der Waals surface area contributed by atoms with Crippen molar-refractivity contribution in [3.05, 3.63) is 88.7 Å². The summed E-state index contributed by atoms with van der Waals surface area (Å²) in [7, 11) is 3.48. The molecule has 0 spiro atoms. The Hall–Kier alpha value is -3.09.